The van der Waals surface area contributed by atoms with E-state index in [2.05, 4.69) is 10.5 Å². The molecule has 0 radical (unpaired) electrons. The number of hydrogen-bond acceptors (Lipinski definition) is 5. The summed E-state index contributed by atoms with van der Waals surface area (Å²) in [5.41, 5.74) is 3.75. The van der Waals surface area contributed by atoms with E-state index in [9.17, 15) is 9.59 Å². The molecular formula is C22H23Cl2N3O4. The lowest BCUT2D eigenvalue weighted by atomic mass is 9.95. The summed E-state index contributed by atoms with van der Waals surface area (Å²) < 4.78 is 10.5. The van der Waals surface area contributed by atoms with E-state index in [-0.39, 0.29) is 17.7 Å². The Morgan fingerprint density at radius 3 is 2.42 bits per heavy atom. The first kappa shape index (κ1) is 22.9. The molecule has 0 aromatic heterocycles. The fraction of sp³-hybridized carbons (Fsp3) is 0.318. The van der Waals surface area contributed by atoms with Crippen molar-refractivity contribution in [1.82, 2.24) is 10.3 Å². The molecule has 0 saturated carbocycles. The topological polar surface area (TPSA) is 80.2 Å². The summed E-state index contributed by atoms with van der Waals surface area (Å²) >= 11 is 12.0. The van der Waals surface area contributed by atoms with Crippen LogP contribution >= 0.6 is 23.2 Å². The molecule has 2 aromatic rings. The zero-order valence-electron chi connectivity index (χ0n) is 17.2. The molecule has 7 nitrogen and oxygen atoms in total. The first-order valence-corrected chi connectivity index (χ1v) is 10.5. The summed E-state index contributed by atoms with van der Waals surface area (Å²) in [4.78, 5) is 26.8. The number of amides is 2. The van der Waals surface area contributed by atoms with Crippen molar-refractivity contribution < 1.29 is 19.1 Å². The first-order chi connectivity index (χ1) is 14.9. The van der Waals surface area contributed by atoms with Crippen LogP contribution in [-0.2, 0) is 4.79 Å². The summed E-state index contributed by atoms with van der Waals surface area (Å²) in [7, 11) is 3.12. The second-order valence-electron chi connectivity index (χ2n) is 7.04. The summed E-state index contributed by atoms with van der Waals surface area (Å²) in [6.45, 7) is 0.935. The Balaban J connectivity index is 1.52. The smallest absolute Gasteiger partial charge is 0.255 e. The molecule has 2 amide bonds. The Kier molecular flexibility index (Phi) is 7.76. The van der Waals surface area contributed by atoms with Crippen molar-refractivity contribution in [2.24, 2.45) is 11.0 Å². The molecular weight excluding hydrogens is 441 g/mol. The first-order valence-electron chi connectivity index (χ1n) is 9.72. The molecule has 1 N–H and O–H groups in total. The molecule has 0 bridgehead atoms. The van der Waals surface area contributed by atoms with Gasteiger partial charge in [-0.15, -0.1) is 0 Å². The number of ether oxygens (including phenoxy) is 2. The van der Waals surface area contributed by atoms with E-state index in [1.807, 2.05) is 6.07 Å². The largest absolute Gasteiger partial charge is 0.493 e. The van der Waals surface area contributed by atoms with Gasteiger partial charge in [-0.05, 0) is 54.8 Å². The molecule has 2 aromatic carbocycles. The van der Waals surface area contributed by atoms with Crippen LogP contribution in [-0.4, -0.2) is 50.2 Å². The van der Waals surface area contributed by atoms with Gasteiger partial charge in [0.05, 0.1) is 31.0 Å². The monoisotopic (exact) mass is 463 g/mol. The minimum atomic E-state index is -0.215. The van der Waals surface area contributed by atoms with E-state index >= 15 is 0 Å². The van der Waals surface area contributed by atoms with E-state index in [1.165, 1.54) is 0 Å². The number of halogens is 2. The van der Waals surface area contributed by atoms with Gasteiger partial charge < -0.3 is 14.4 Å². The van der Waals surface area contributed by atoms with Crippen molar-refractivity contribution >= 4 is 41.2 Å². The third-order valence-corrected chi connectivity index (χ3v) is 5.66. The number of carbonyl (C=O) groups excluding carboxylic acids is 2. The van der Waals surface area contributed by atoms with Gasteiger partial charge in [0.2, 0.25) is 5.91 Å². The maximum absolute atomic E-state index is 12.7. The Morgan fingerprint density at radius 2 is 1.77 bits per heavy atom. The van der Waals surface area contributed by atoms with E-state index in [1.54, 1.807) is 55.7 Å². The molecule has 0 atom stereocenters. The highest BCUT2D eigenvalue weighted by Gasteiger charge is 2.28. The zero-order chi connectivity index (χ0) is 22.4. The summed E-state index contributed by atoms with van der Waals surface area (Å²) in [5.74, 6) is 0.646. The SMILES string of the molecule is COc1ccc(/C=N\NC(=O)C2CCN(C(=O)c3ccc(Cl)cc3Cl)CC2)cc1OC. The Hall–Kier alpha value is -2.77. The number of piperidine rings is 1. The lowest BCUT2D eigenvalue weighted by Gasteiger charge is -2.31. The van der Waals surface area contributed by atoms with Crippen molar-refractivity contribution in [3.63, 3.8) is 0 Å². The molecule has 0 spiro atoms. The van der Waals surface area contributed by atoms with Gasteiger partial charge in [0.15, 0.2) is 11.5 Å². The Morgan fingerprint density at radius 1 is 1.06 bits per heavy atom. The van der Waals surface area contributed by atoms with Crippen LogP contribution in [0.3, 0.4) is 0 Å². The molecule has 31 heavy (non-hydrogen) atoms. The standard InChI is InChI=1S/C22H23Cl2N3O4/c1-30-19-6-3-14(11-20(19)31-2)13-25-26-21(28)15-7-9-27(10-8-15)22(29)17-5-4-16(23)12-18(17)24/h3-6,11-13,15H,7-10H2,1-2H3,(H,26,28)/b25-13-. The van der Waals surface area contributed by atoms with Crippen molar-refractivity contribution in [2.75, 3.05) is 27.3 Å². The fourth-order valence-corrected chi connectivity index (χ4v) is 3.86. The van der Waals surface area contributed by atoms with E-state index in [0.29, 0.717) is 53.0 Å². The number of hydrogen-bond donors (Lipinski definition) is 1. The number of nitrogens with one attached hydrogen (secondary N) is 1. The highest BCUT2D eigenvalue weighted by Crippen LogP contribution is 2.27. The normalized spacial score (nSPS) is 14.5. The van der Waals surface area contributed by atoms with Crippen LogP contribution in [0.25, 0.3) is 0 Å². The fourth-order valence-electron chi connectivity index (χ4n) is 3.37. The molecule has 0 aliphatic carbocycles. The average Bonchev–Trinajstić information content (AvgIpc) is 2.78. The molecule has 1 aliphatic rings. The van der Waals surface area contributed by atoms with Gasteiger partial charge in [0.1, 0.15) is 0 Å². The predicted octanol–water partition coefficient (Wildman–Crippen LogP) is 4.01. The number of nitrogens with zero attached hydrogens (tertiary/aromatic N) is 2. The maximum atomic E-state index is 12.7. The molecule has 1 fully saturated rings. The number of benzene rings is 2. The maximum Gasteiger partial charge on any atom is 0.255 e. The molecule has 164 valence electrons. The number of methoxy groups -OCH3 is 2. The number of rotatable bonds is 6. The quantitative estimate of drug-likeness (QED) is 0.518. The third-order valence-electron chi connectivity index (χ3n) is 5.11. The summed E-state index contributed by atoms with van der Waals surface area (Å²) in [6.07, 6.45) is 2.64. The van der Waals surface area contributed by atoms with Gasteiger partial charge in [0, 0.05) is 24.0 Å². The van der Waals surface area contributed by atoms with Gasteiger partial charge in [0.25, 0.3) is 5.91 Å². The van der Waals surface area contributed by atoms with Crippen LogP contribution in [0.1, 0.15) is 28.8 Å². The highest BCUT2D eigenvalue weighted by atomic mass is 35.5. The lowest BCUT2D eigenvalue weighted by Crippen LogP contribution is -2.42. The molecule has 1 heterocycles. The molecule has 9 heteroatoms. The molecule has 1 saturated heterocycles. The minimum absolute atomic E-state index is 0.160. The van der Waals surface area contributed by atoms with Crippen LogP contribution in [0.5, 0.6) is 11.5 Å². The van der Waals surface area contributed by atoms with Crippen LogP contribution < -0.4 is 14.9 Å². The van der Waals surface area contributed by atoms with Crippen LogP contribution in [0.2, 0.25) is 10.0 Å². The number of hydrazone groups is 1. The molecule has 3 rings (SSSR count). The third kappa shape index (κ3) is 5.68. The van der Waals surface area contributed by atoms with Gasteiger partial charge >= 0.3 is 0 Å². The predicted molar refractivity (Wildman–Crippen MR) is 120 cm³/mol. The van der Waals surface area contributed by atoms with Crippen LogP contribution in [0.4, 0.5) is 0 Å². The average molecular weight is 464 g/mol. The lowest BCUT2D eigenvalue weighted by molar-refractivity contribution is -0.126. The molecule has 1 aliphatic heterocycles. The van der Waals surface area contributed by atoms with Crippen LogP contribution in [0.15, 0.2) is 41.5 Å². The Labute approximate surface area is 190 Å². The minimum Gasteiger partial charge on any atom is -0.493 e. The van der Waals surface area contributed by atoms with E-state index < -0.39 is 0 Å². The second-order valence-corrected chi connectivity index (χ2v) is 7.88. The van der Waals surface area contributed by atoms with E-state index in [0.717, 1.165) is 5.56 Å². The Bertz CT molecular complexity index is 989. The van der Waals surface area contributed by atoms with E-state index in [4.69, 9.17) is 32.7 Å². The van der Waals surface area contributed by atoms with Gasteiger partial charge in [-0.3, -0.25) is 9.59 Å². The van der Waals surface area contributed by atoms with Gasteiger partial charge in [-0.25, -0.2) is 5.43 Å². The zero-order valence-corrected chi connectivity index (χ0v) is 18.7. The van der Waals surface area contributed by atoms with Crippen molar-refractivity contribution in [3.8, 4) is 11.5 Å². The van der Waals surface area contributed by atoms with Gasteiger partial charge in [-0.2, -0.15) is 5.10 Å². The summed E-state index contributed by atoms with van der Waals surface area (Å²) in [6, 6.07) is 10.1. The summed E-state index contributed by atoms with van der Waals surface area (Å²) in [5, 5.41) is 4.84. The van der Waals surface area contributed by atoms with Crippen molar-refractivity contribution in [1.29, 1.82) is 0 Å². The van der Waals surface area contributed by atoms with Gasteiger partial charge in [-0.1, -0.05) is 23.2 Å². The number of carbonyl (C=O) groups is 2. The van der Waals surface area contributed by atoms with Crippen LogP contribution in [0, 0.1) is 5.92 Å². The highest BCUT2D eigenvalue weighted by molar-refractivity contribution is 6.36. The van der Waals surface area contributed by atoms with Crippen molar-refractivity contribution in [2.45, 2.75) is 12.8 Å². The van der Waals surface area contributed by atoms with Crippen molar-refractivity contribution in [3.05, 3.63) is 57.6 Å². The second kappa shape index (κ2) is 10.5. The molecule has 0 unspecified atom stereocenters. The number of likely N-dealkylation sites (tertiary alicyclic amines) is 1.